The second-order valence-electron chi connectivity index (χ2n) is 2.89. The molecule has 0 rings (SSSR count). The minimum atomic E-state index is -0.116. The van der Waals surface area contributed by atoms with Gasteiger partial charge < -0.3 is 10.2 Å². The molecule has 0 aromatic carbocycles. The standard InChI is InChI=1S/C5H12O.C4H10O.C2H6/c1-3-4-5(2)6;1-3-4(2)5;1-2/h5-6H,3-4H2,1-2H3;4-5H,3H2,1-2H3;1-2H3. The van der Waals surface area contributed by atoms with E-state index < -0.39 is 0 Å². The SMILES string of the molecule is CC.CCC(C)O.CCCC(C)O. The van der Waals surface area contributed by atoms with Crippen molar-refractivity contribution in [2.45, 2.75) is 73.0 Å². The van der Waals surface area contributed by atoms with Crippen LogP contribution in [0.25, 0.3) is 0 Å². The van der Waals surface area contributed by atoms with Crippen molar-refractivity contribution in [2.75, 3.05) is 0 Å². The van der Waals surface area contributed by atoms with E-state index in [1.807, 2.05) is 27.7 Å². The summed E-state index contributed by atoms with van der Waals surface area (Å²) in [6, 6.07) is 0. The van der Waals surface area contributed by atoms with Crippen LogP contribution in [0.2, 0.25) is 0 Å². The second kappa shape index (κ2) is 17.9. The van der Waals surface area contributed by atoms with Gasteiger partial charge in [0, 0.05) is 0 Å². The molecule has 84 valence electrons. The van der Waals surface area contributed by atoms with E-state index >= 15 is 0 Å². The van der Waals surface area contributed by atoms with Gasteiger partial charge in [0.1, 0.15) is 0 Å². The van der Waals surface area contributed by atoms with Crippen LogP contribution < -0.4 is 0 Å². The summed E-state index contributed by atoms with van der Waals surface area (Å²) in [4.78, 5) is 0. The topological polar surface area (TPSA) is 40.5 Å². The predicted octanol–water partition coefficient (Wildman–Crippen LogP) is 2.97. The quantitative estimate of drug-likeness (QED) is 0.721. The fourth-order valence-electron chi connectivity index (χ4n) is 0.418. The van der Waals surface area contributed by atoms with Gasteiger partial charge in [-0.25, -0.2) is 0 Å². The van der Waals surface area contributed by atoms with E-state index in [-0.39, 0.29) is 12.2 Å². The number of hydrogen-bond acceptors (Lipinski definition) is 2. The summed E-state index contributed by atoms with van der Waals surface area (Å²) in [6.45, 7) is 11.6. The highest BCUT2D eigenvalue weighted by Gasteiger charge is 1.87. The number of rotatable bonds is 3. The molecular weight excluding hydrogens is 164 g/mol. The highest BCUT2D eigenvalue weighted by atomic mass is 16.3. The lowest BCUT2D eigenvalue weighted by Crippen LogP contribution is -1.95. The summed E-state index contributed by atoms with van der Waals surface area (Å²) in [5.41, 5.74) is 0. The van der Waals surface area contributed by atoms with Gasteiger partial charge in [0.2, 0.25) is 0 Å². The molecule has 0 aliphatic carbocycles. The highest BCUT2D eigenvalue weighted by molar-refractivity contribution is 4.40. The molecule has 0 aliphatic heterocycles. The van der Waals surface area contributed by atoms with E-state index in [2.05, 4.69) is 6.92 Å². The molecule has 0 aliphatic rings. The average Bonchev–Trinajstić information content (AvgIpc) is 2.09. The molecule has 0 saturated heterocycles. The minimum Gasteiger partial charge on any atom is -0.393 e. The fraction of sp³-hybridized carbons (Fsp3) is 1.00. The molecule has 0 aromatic heterocycles. The molecule has 0 amide bonds. The number of aliphatic hydroxyl groups excluding tert-OH is 2. The van der Waals surface area contributed by atoms with Crippen molar-refractivity contribution in [3.8, 4) is 0 Å². The van der Waals surface area contributed by atoms with Gasteiger partial charge in [-0.15, -0.1) is 0 Å². The zero-order valence-electron chi connectivity index (χ0n) is 10.2. The lowest BCUT2D eigenvalue weighted by molar-refractivity contribution is 0.183. The number of aliphatic hydroxyl groups is 2. The number of hydrogen-bond donors (Lipinski definition) is 2. The van der Waals surface area contributed by atoms with Gasteiger partial charge in [0.05, 0.1) is 12.2 Å². The van der Waals surface area contributed by atoms with Crippen LogP contribution in [0.3, 0.4) is 0 Å². The van der Waals surface area contributed by atoms with Crippen LogP contribution in [0.4, 0.5) is 0 Å². The monoisotopic (exact) mass is 192 g/mol. The van der Waals surface area contributed by atoms with Crippen molar-refractivity contribution in [1.82, 2.24) is 0 Å². The Morgan fingerprint density at radius 3 is 1.23 bits per heavy atom. The molecule has 13 heavy (non-hydrogen) atoms. The molecule has 0 saturated carbocycles. The Hall–Kier alpha value is -0.0800. The van der Waals surface area contributed by atoms with Crippen molar-refractivity contribution in [3.05, 3.63) is 0 Å². The Balaban J connectivity index is -0.000000131. The normalized spacial score (nSPS) is 12.9. The third kappa shape index (κ3) is 48.5. The molecule has 2 unspecified atom stereocenters. The molecule has 0 fully saturated rings. The smallest absolute Gasteiger partial charge is 0.0512 e. The van der Waals surface area contributed by atoms with Crippen LogP contribution in [-0.4, -0.2) is 22.4 Å². The summed E-state index contributed by atoms with van der Waals surface area (Å²) in [5.74, 6) is 0. The van der Waals surface area contributed by atoms with E-state index in [1.165, 1.54) is 0 Å². The Bertz CT molecular complexity index is 61.1. The molecular formula is C11H28O2. The first-order valence-corrected chi connectivity index (χ1v) is 5.40. The van der Waals surface area contributed by atoms with Gasteiger partial charge in [-0.1, -0.05) is 34.1 Å². The first-order valence-electron chi connectivity index (χ1n) is 5.40. The minimum absolute atomic E-state index is 0.102. The van der Waals surface area contributed by atoms with Crippen LogP contribution in [0.5, 0.6) is 0 Å². The first-order chi connectivity index (χ1) is 6.04. The second-order valence-corrected chi connectivity index (χ2v) is 2.89. The van der Waals surface area contributed by atoms with Crippen molar-refractivity contribution in [1.29, 1.82) is 0 Å². The Morgan fingerprint density at radius 2 is 1.23 bits per heavy atom. The zero-order chi connectivity index (χ0) is 11.3. The maximum absolute atomic E-state index is 8.55. The summed E-state index contributed by atoms with van der Waals surface area (Å²) in [6.07, 6.45) is 2.66. The molecule has 0 spiro atoms. The van der Waals surface area contributed by atoms with E-state index in [0.29, 0.717) is 0 Å². The molecule has 0 bridgehead atoms. The Morgan fingerprint density at radius 1 is 0.923 bits per heavy atom. The lowest BCUT2D eigenvalue weighted by Gasteiger charge is -1.95. The third-order valence-corrected chi connectivity index (χ3v) is 1.30. The molecule has 0 aromatic rings. The van der Waals surface area contributed by atoms with Crippen molar-refractivity contribution in [2.24, 2.45) is 0 Å². The molecule has 2 heteroatoms. The maximum atomic E-state index is 8.55. The van der Waals surface area contributed by atoms with Crippen LogP contribution >= 0.6 is 0 Å². The van der Waals surface area contributed by atoms with E-state index in [1.54, 1.807) is 6.92 Å². The van der Waals surface area contributed by atoms with Crippen LogP contribution in [0, 0.1) is 0 Å². The van der Waals surface area contributed by atoms with Gasteiger partial charge in [-0.2, -0.15) is 0 Å². The Labute approximate surface area is 84.0 Å². The van der Waals surface area contributed by atoms with Crippen molar-refractivity contribution >= 4 is 0 Å². The van der Waals surface area contributed by atoms with Crippen LogP contribution in [-0.2, 0) is 0 Å². The maximum Gasteiger partial charge on any atom is 0.0512 e. The van der Waals surface area contributed by atoms with Crippen molar-refractivity contribution < 1.29 is 10.2 Å². The predicted molar refractivity (Wildman–Crippen MR) is 59.9 cm³/mol. The zero-order valence-corrected chi connectivity index (χ0v) is 10.2. The third-order valence-electron chi connectivity index (χ3n) is 1.30. The van der Waals surface area contributed by atoms with E-state index in [0.717, 1.165) is 19.3 Å². The van der Waals surface area contributed by atoms with Crippen LogP contribution in [0.1, 0.15) is 60.8 Å². The molecule has 0 heterocycles. The van der Waals surface area contributed by atoms with Gasteiger partial charge in [-0.3, -0.25) is 0 Å². The first kappa shape index (κ1) is 18.7. The average molecular weight is 192 g/mol. The van der Waals surface area contributed by atoms with Crippen LogP contribution in [0.15, 0.2) is 0 Å². The fourth-order valence-corrected chi connectivity index (χ4v) is 0.418. The van der Waals surface area contributed by atoms with E-state index in [9.17, 15) is 0 Å². The highest BCUT2D eigenvalue weighted by Crippen LogP contribution is 1.91. The van der Waals surface area contributed by atoms with Gasteiger partial charge >= 0.3 is 0 Å². The van der Waals surface area contributed by atoms with E-state index in [4.69, 9.17) is 10.2 Å². The Kier molecular flexibility index (Phi) is 25.6. The molecule has 2 atom stereocenters. The molecule has 2 nitrogen and oxygen atoms in total. The summed E-state index contributed by atoms with van der Waals surface area (Å²) < 4.78 is 0. The summed E-state index contributed by atoms with van der Waals surface area (Å²) >= 11 is 0. The molecule has 0 radical (unpaired) electrons. The van der Waals surface area contributed by atoms with Gasteiger partial charge in [0.15, 0.2) is 0 Å². The lowest BCUT2D eigenvalue weighted by atomic mass is 10.2. The van der Waals surface area contributed by atoms with Crippen molar-refractivity contribution in [3.63, 3.8) is 0 Å². The summed E-state index contributed by atoms with van der Waals surface area (Å²) in [5, 5.41) is 16.9. The summed E-state index contributed by atoms with van der Waals surface area (Å²) in [7, 11) is 0. The molecule has 2 N–H and O–H groups in total. The van der Waals surface area contributed by atoms with Gasteiger partial charge in [-0.05, 0) is 26.7 Å². The largest absolute Gasteiger partial charge is 0.393 e. The van der Waals surface area contributed by atoms with Gasteiger partial charge in [0.25, 0.3) is 0 Å².